The molecule has 1 aliphatic rings. The van der Waals surface area contributed by atoms with Gasteiger partial charge in [-0.15, -0.1) is 0 Å². The molecule has 0 fully saturated rings. The highest BCUT2D eigenvalue weighted by Gasteiger charge is 2.36. The van der Waals surface area contributed by atoms with Crippen molar-refractivity contribution in [3.05, 3.63) is 168 Å². The van der Waals surface area contributed by atoms with Crippen molar-refractivity contribution in [1.29, 1.82) is 0 Å². The minimum atomic E-state index is 0.0887. The molecule has 2 heteroatoms. The Balaban J connectivity index is 1.44. The van der Waals surface area contributed by atoms with Crippen molar-refractivity contribution in [2.24, 2.45) is 0 Å². The van der Waals surface area contributed by atoms with Crippen LogP contribution in [0.15, 0.2) is 152 Å². The van der Waals surface area contributed by atoms with Crippen molar-refractivity contribution in [3.63, 3.8) is 0 Å². The summed E-state index contributed by atoms with van der Waals surface area (Å²) in [5, 5.41) is 2.59. The van der Waals surface area contributed by atoms with Gasteiger partial charge in [0, 0.05) is 22.0 Å². The van der Waals surface area contributed by atoms with Crippen LogP contribution in [0.1, 0.15) is 16.7 Å². The van der Waals surface area contributed by atoms with E-state index in [1.165, 1.54) is 94.0 Å². The largest absolute Gasteiger partial charge is 0.310 e. The van der Waals surface area contributed by atoms with E-state index in [9.17, 15) is 0 Å². The van der Waals surface area contributed by atoms with Crippen LogP contribution in [0.5, 0.6) is 0 Å². The molecule has 2 heterocycles. The minimum Gasteiger partial charge on any atom is -0.310 e. The summed E-state index contributed by atoms with van der Waals surface area (Å²) >= 11 is 0. The molecule has 0 saturated heterocycles. The average Bonchev–Trinajstić information content (AvgIpc) is 3.44. The van der Waals surface area contributed by atoms with Crippen LogP contribution in [0.2, 0.25) is 0 Å². The van der Waals surface area contributed by atoms with Crippen LogP contribution in [0.25, 0.3) is 60.9 Å². The second kappa shape index (κ2) is 10.7. The van der Waals surface area contributed by atoms with Crippen LogP contribution in [-0.2, 0) is 0 Å². The van der Waals surface area contributed by atoms with Crippen molar-refractivity contribution in [2.45, 2.75) is 20.8 Å². The second-order valence-corrected chi connectivity index (χ2v) is 13.1. The summed E-state index contributed by atoms with van der Waals surface area (Å²) in [5.41, 5.74) is 19.4. The van der Waals surface area contributed by atoms with Crippen LogP contribution < -0.4 is 16.4 Å². The third-order valence-corrected chi connectivity index (χ3v) is 10.1. The van der Waals surface area contributed by atoms with Gasteiger partial charge in [0.25, 0.3) is 0 Å². The highest BCUT2D eigenvalue weighted by molar-refractivity contribution is 6.98. The Kier molecular flexibility index (Phi) is 6.33. The summed E-state index contributed by atoms with van der Waals surface area (Å²) in [4.78, 5) is 0. The van der Waals surface area contributed by atoms with Crippen molar-refractivity contribution in [2.75, 3.05) is 0 Å². The van der Waals surface area contributed by atoms with E-state index in [-0.39, 0.29) is 6.71 Å². The molecule has 0 unspecified atom stereocenters. The normalized spacial score (nSPS) is 12.1. The molecule has 7 aromatic carbocycles. The summed E-state index contributed by atoms with van der Waals surface area (Å²) in [6.45, 7) is 6.89. The molecule has 1 aromatic heterocycles. The molecule has 0 N–H and O–H groups in total. The zero-order valence-electron chi connectivity index (χ0n) is 27.0. The highest BCUT2D eigenvalue weighted by atomic mass is 15.0. The molecule has 47 heavy (non-hydrogen) atoms. The number of benzene rings is 7. The summed E-state index contributed by atoms with van der Waals surface area (Å²) in [6.07, 6.45) is 0. The Morgan fingerprint density at radius 2 is 0.936 bits per heavy atom. The van der Waals surface area contributed by atoms with Crippen molar-refractivity contribution in [3.8, 4) is 39.1 Å². The molecule has 0 radical (unpaired) electrons. The Bertz CT molecular complexity index is 2450. The first kappa shape index (κ1) is 27.7. The SMILES string of the molecule is Cc1cc(C)c(B2c3cc(-c4ccccc4)ccc3-n3c4ccc(-c5ccccc5)cc4c4cc(-c5ccccc5)cc2c43)c(C)c1. The van der Waals surface area contributed by atoms with Crippen molar-refractivity contribution < 1.29 is 0 Å². The summed E-state index contributed by atoms with van der Waals surface area (Å²) < 4.78 is 2.54. The average molecular weight is 600 g/mol. The smallest absolute Gasteiger partial charge is 0.247 e. The second-order valence-electron chi connectivity index (χ2n) is 13.1. The van der Waals surface area contributed by atoms with E-state index in [1.54, 1.807) is 0 Å². The van der Waals surface area contributed by atoms with Gasteiger partial charge < -0.3 is 4.57 Å². The number of aryl methyl sites for hydroxylation is 3. The van der Waals surface area contributed by atoms with Crippen LogP contribution in [-0.4, -0.2) is 11.3 Å². The van der Waals surface area contributed by atoms with Crippen LogP contribution >= 0.6 is 0 Å². The number of hydrogen-bond donors (Lipinski definition) is 0. The Morgan fingerprint density at radius 1 is 0.426 bits per heavy atom. The number of aromatic nitrogens is 1. The topological polar surface area (TPSA) is 4.93 Å². The van der Waals surface area contributed by atoms with Gasteiger partial charge in [0.2, 0.25) is 6.71 Å². The summed E-state index contributed by atoms with van der Waals surface area (Å²) in [5.74, 6) is 0. The van der Waals surface area contributed by atoms with E-state index in [0.29, 0.717) is 0 Å². The first-order valence-corrected chi connectivity index (χ1v) is 16.6. The molecule has 0 aliphatic carbocycles. The predicted molar refractivity (Wildman–Crippen MR) is 202 cm³/mol. The maximum Gasteiger partial charge on any atom is 0.247 e. The standard InChI is InChI=1S/C45H34BN/c1-29-23-30(2)44(31(3)24-29)46-40-27-36(33-15-9-5-10-16-33)20-22-43(40)47-42-21-19-35(32-13-7-4-8-14-32)25-38(42)39-26-37(28-41(46)45(39)47)34-17-11-6-12-18-34/h4-28H,1-3H3. The molecule has 0 bridgehead atoms. The molecule has 1 nitrogen and oxygen atoms in total. The third kappa shape index (κ3) is 4.40. The summed E-state index contributed by atoms with van der Waals surface area (Å²) in [6, 6.07) is 56.2. The molecule has 8 aromatic rings. The van der Waals surface area contributed by atoms with Crippen molar-refractivity contribution >= 4 is 44.9 Å². The fraction of sp³-hybridized carbons (Fsp3) is 0.0667. The van der Waals surface area contributed by atoms with E-state index in [0.717, 1.165) is 0 Å². The van der Waals surface area contributed by atoms with E-state index < -0.39 is 0 Å². The van der Waals surface area contributed by atoms with Crippen LogP contribution in [0.3, 0.4) is 0 Å². The van der Waals surface area contributed by atoms with E-state index in [4.69, 9.17) is 0 Å². The first-order valence-electron chi connectivity index (χ1n) is 16.6. The van der Waals surface area contributed by atoms with Gasteiger partial charge in [-0.05, 0) is 89.3 Å². The molecule has 0 atom stereocenters. The Hall–Kier alpha value is -5.60. The molecular formula is C45H34BN. The lowest BCUT2D eigenvalue weighted by molar-refractivity contribution is 1.19. The van der Waals surface area contributed by atoms with Gasteiger partial charge in [-0.3, -0.25) is 0 Å². The van der Waals surface area contributed by atoms with E-state index in [1.807, 2.05) is 0 Å². The molecule has 1 aliphatic heterocycles. The molecule has 0 saturated carbocycles. The molecule has 0 amide bonds. The highest BCUT2D eigenvalue weighted by Crippen LogP contribution is 2.38. The zero-order chi connectivity index (χ0) is 31.6. The van der Waals surface area contributed by atoms with Crippen molar-refractivity contribution in [1.82, 2.24) is 4.57 Å². The third-order valence-electron chi connectivity index (χ3n) is 10.1. The minimum absolute atomic E-state index is 0.0887. The zero-order valence-corrected chi connectivity index (χ0v) is 27.0. The quantitative estimate of drug-likeness (QED) is 0.178. The molecular weight excluding hydrogens is 565 g/mol. The van der Waals surface area contributed by atoms with Gasteiger partial charge in [-0.1, -0.05) is 150 Å². The Labute approximate surface area is 276 Å². The maximum absolute atomic E-state index is 2.54. The lowest BCUT2D eigenvalue weighted by atomic mass is 9.34. The lowest BCUT2D eigenvalue weighted by Gasteiger charge is -2.30. The van der Waals surface area contributed by atoms with Crippen LogP contribution in [0.4, 0.5) is 0 Å². The number of rotatable bonds is 4. The summed E-state index contributed by atoms with van der Waals surface area (Å²) in [7, 11) is 0. The first-order chi connectivity index (χ1) is 23.0. The van der Waals surface area contributed by atoms with Gasteiger partial charge in [0.05, 0.1) is 5.52 Å². The van der Waals surface area contributed by atoms with E-state index >= 15 is 0 Å². The van der Waals surface area contributed by atoms with Crippen LogP contribution in [0, 0.1) is 20.8 Å². The van der Waals surface area contributed by atoms with Gasteiger partial charge in [-0.2, -0.15) is 0 Å². The number of nitrogens with zero attached hydrogens (tertiary/aromatic N) is 1. The molecule has 0 spiro atoms. The van der Waals surface area contributed by atoms with Gasteiger partial charge >= 0.3 is 0 Å². The fourth-order valence-corrected chi connectivity index (χ4v) is 8.18. The lowest BCUT2D eigenvalue weighted by Crippen LogP contribution is -2.57. The van der Waals surface area contributed by atoms with Gasteiger partial charge in [0.15, 0.2) is 0 Å². The van der Waals surface area contributed by atoms with Gasteiger partial charge in [0.1, 0.15) is 0 Å². The molecule has 9 rings (SSSR count). The van der Waals surface area contributed by atoms with Gasteiger partial charge in [-0.25, -0.2) is 0 Å². The monoisotopic (exact) mass is 599 g/mol. The predicted octanol–water partition coefficient (Wildman–Crippen LogP) is 9.54. The number of hydrogen-bond acceptors (Lipinski definition) is 0. The molecule has 222 valence electrons. The Morgan fingerprint density at radius 3 is 1.55 bits per heavy atom. The van der Waals surface area contributed by atoms with E-state index in [2.05, 4.69) is 177 Å². The number of fused-ring (bicyclic) bond motifs is 5. The fourth-order valence-electron chi connectivity index (χ4n) is 8.18. The maximum atomic E-state index is 2.54.